The predicted molar refractivity (Wildman–Crippen MR) is 46.9 cm³/mol. The van der Waals surface area contributed by atoms with E-state index in [4.69, 9.17) is 0 Å². The maximum absolute atomic E-state index is 10.7. The van der Waals surface area contributed by atoms with Crippen LogP contribution in [0.5, 0.6) is 0 Å². The van der Waals surface area contributed by atoms with Gasteiger partial charge in [0.05, 0.1) is 0 Å². The van der Waals surface area contributed by atoms with Gasteiger partial charge in [0.25, 0.3) is 10.0 Å². The van der Waals surface area contributed by atoms with Gasteiger partial charge in [-0.25, -0.2) is 8.42 Å². The summed E-state index contributed by atoms with van der Waals surface area (Å²) in [5.74, 6) is 0.876. The quantitative estimate of drug-likeness (QED) is 0.632. The molecule has 0 aromatic heterocycles. The van der Waals surface area contributed by atoms with Crippen LogP contribution in [0.4, 0.5) is 0 Å². The highest BCUT2D eigenvalue weighted by Gasteiger charge is 2.20. The number of hydrogen-bond donors (Lipinski definition) is 0. The lowest BCUT2D eigenvalue weighted by Crippen LogP contribution is -1.90. The minimum Gasteiger partial charge on any atom is -0.204 e. The topological polar surface area (TPSA) is 46.5 Å². The van der Waals surface area contributed by atoms with Crippen LogP contribution in [-0.2, 0) is 10.0 Å². The van der Waals surface area contributed by atoms with Crippen molar-refractivity contribution < 1.29 is 8.42 Å². The molecule has 3 nitrogen and oxygen atoms in total. The van der Waals surface area contributed by atoms with Crippen molar-refractivity contribution in [3.63, 3.8) is 0 Å². The Kier molecular flexibility index (Phi) is 2.65. The molecule has 0 N–H and O–H groups in total. The van der Waals surface area contributed by atoms with Crippen LogP contribution in [0.25, 0.3) is 0 Å². The standard InChI is InChI=1S/C4H7NO2S3/c1-2-8-4-5-10(6,7)3-9-4/h2-3H2,1H3. The van der Waals surface area contributed by atoms with E-state index in [1.54, 1.807) is 0 Å². The van der Waals surface area contributed by atoms with Gasteiger partial charge in [-0.05, 0) is 5.75 Å². The fourth-order valence-corrected chi connectivity index (χ4v) is 4.39. The van der Waals surface area contributed by atoms with Crippen molar-refractivity contribution in [3.05, 3.63) is 0 Å². The summed E-state index contributed by atoms with van der Waals surface area (Å²) in [5, 5.41) is 0.120. The molecule has 10 heavy (non-hydrogen) atoms. The minimum atomic E-state index is -3.09. The highest BCUT2D eigenvalue weighted by atomic mass is 32.3. The van der Waals surface area contributed by atoms with E-state index in [-0.39, 0.29) is 5.08 Å². The average molecular weight is 197 g/mol. The first-order valence-corrected chi connectivity index (χ1v) is 6.30. The van der Waals surface area contributed by atoms with Crippen LogP contribution in [0, 0.1) is 0 Å². The van der Waals surface area contributed by atoms with Crippen molar-refractivity contribution in [2.75, 3.05) is 10.8 Å². The number of rotatable bonds is 1. The Morgan fingerprint density at radius 3 is 2.90 bits per heavy atom. The van der Waals surface area contributed by atoms with Gasteiger partial charge >= 0.3 is 0 Å². The Morgan fingerprint density at radius 1 is 1.80 bits per heavy atom. The van der Waals surface area contributed by atoms with Crippen LogP contribution in [0.1, 0.15) is 6.92 Å². The molecule has 58 valence electrons. The van der Waals surface area contributed by atoms with E-state index in [0.717, 1.165) is 5.75 Å². The largest absolute Gasteiger partial charge is 0.264 e. The van der Waals surface area contributed by atoms with E-state index in [1.807, 2.05) is 6.92 Å². The molecule has 1 aliphatic heterocycles. The second kappa shape index (κ2) is 3.15. The zero-order chi connectivity index (χ0) is 7.61. The van der Waals surface area contributed by atoms with Gasteiger partial charge < -0.3 is 0 Å². The summed E-state index contributed by atoms with van der Waals surface area (Å²) in [6.07, 6.45) is 0. The van der Waals surface area contributed by atoms with E-state index in [2.05, 4.69) is 4.40 Å². The molecule has 0 aliphatic carbocycles. The molecule has 0 unspecified atom stereocenters. The Labute approximate surface area is 68.7 Å². The number of hydrogen-bond acceptors (Lipinski definition) is 4. The minimum absolute atomic E-state index is 0.120. The molecular weight excluding hydrogens is 190 g/mol. The molecular formula is C4H7NO2S3. The Balaban J connectivity index is 2.67. The molecule has 0 saturated carbocycles. The molecule has 0 saturated heterocycles. The summed E-state index contributed by atoms with van der Waals surface area (Å²) >= 11 is 2.77. The number of sulfonamides is 1. The zero-order valence-corrected chi connectivity index (χ0v) is 7.85. The Morgan fingerprint density at radius 2 is 2.50 bits per heavy atom. The first-order chi connectivity index (χ1) is 4.64. The summed E-state index contributed by atoms with van der Waals surface area (Å²) in [5.41, 5.74) is 0. The SMILES string of the molecule is CCSC1=NS(=O)(=O)CS1. The zero-order valence-electron chi connectivity index (χ0n) is 5.40. The number of nitrogens with zero attached hydrogens (tertiary/aromatic N) is 1. The van der Waals surface area contributed by atoms with Crippen LogP contribution in [0.15, 0.2) is 4.40 Å². The van der Waals surface area contributed by atoms with E-state index in [0.29, 0.717) is 4.38 Å². The Hall–Kier alpha value is 0.320. The third-order valence-corrected chi connectivity index (χ3v) is 4.84. The molecule has 0 atom stereocenters. The molecule has 0 radical (unpaired) electrons. The van der Waals surface area contributed by atoms with Crippen molar-refractivity contribution >= 4 is 37.9 Å². The molecule has 1 heterocycles. The predicted octanol–water partition coefficient (Wildman–Crippen LogP) is 1.13. The van der Waals surface area contributed by atoms with Gasteiger partial charge in [0.15, 0.2) is 0 Å². The van der Waals surface area contributed by atoms with Crippen LogP contribution < -0.4 is 0 Å². The van der Waals surface area contributed by atoms with Crippen LogP contribution >= 0.6 is 23.5 Å². The molecule has 6 heteroatoms. The first kappa shape index (κ1) is 8.42. The van der Waals surface area contributed by atoms with Crippen molar-refractivity contribution in [1.82, 2.24) is 0 Å². The van der Waals surface area contributed by atoms with Gasteiger partial charge in [0.2, 0.25) is 0 Å². The van der Waals surface area contributed by atoms with Crippen molar-refractivity contribution in [1.29, 1.82) is 0 Å². The summed E-state index contributed by atoms with van der Waals surface area (Å²) in [4.78, 5) is 0. The summed E-state index contributed by atoms with van der Waals surface area (Å²) in [7, 11) is -3.09. The summed E-state index contributed by atoms with van der Waals surface area (Å²) in [6, 6.07) is 0. The van der Waals surface area contributed by atoms with Crippen molar-refractivity contribution in [2.24, 2.45) is 4.40 Å². The van der Waals surface area contributed by atoms with Gasteiger partial charge in [-0.1, -0.05) is 30.4 Å². The molecule has 0 spiro atoms. The van der Waals surface area contributed by atoms with Gasteiger partial charge in [-0.3, -0.25) is 0 Å². The van der Waals surface area contributed by atoms with Crippen molar-refractivity contribution in [3.8, 4) is 0 Å². The lowest BCUT2D eigenvalue weighted by molar-refractivity contribution is 0.603. The third-order valence-electron chi connectivity index (χ3n) is 0.813. The maximum Gasteiger partial charge on any atom is 0.264 e. The normalized spacial score (nSPS) is 22.7. The molecule has 1 aliphatic rings. The average Bonchev–Trinajstić information content (AvgIpc) is 2.12. The third kappa shape index (κ3) is 2.17. The van der Waals surface area contributed by atoms with Gasteiger partial charge in [-0.2, -0.15) is 0 Å². The highest BCUT2D eigenvalue weighted by Crippen LogP contribution is 2.26. The first-order valence-electron chi connectivity index (χ1n) is 2.72. The van der Waals surface area contributed by atoms with Gasteiger partial charge in [0, 0.05) is 0 Å². The second-order valence-electron chi connectivity index (χ2n) is 1.63. The van der Waals surface area contributed by atoms with Crippen LogP contribution in [-0.4, -0.2) is 23.6 Å². The van der Waals surface area contributed by atoms with Crippen LogP contribution in [0.3, 0.4) is 0 Å². The summed E-state index contributed by atoms with van der Waals surface area (Å²) in [6.45, 7) is 1.97. The van der Waals surface area contributed by atoms with Gasteiger partial charge in [0.1, 0.15) is 9.46 Å². The van der Waals surface area contributed by atoms with E-state index in [9.17, 15) is 8.42 Å². The molecule has 0 aromatic rings. The fraction of sp³-hybridized carbons (Fsp3) is 0.750. The molecule has 0 fully saturated rings. The van der Waals surface area contributed by atoms with E-state index >= 15 is 0 Å². The molecule has 0 aromatic carbocycles. The van der Waals surface area contributed by atoms with Crippen LogP contribution in [0.2, 0.25) is 0 Å². The lowest BCUT2D eigenvalue weighted by Gasteiger charge is -1.88. The van der Waals surface area contributed by atoms with E-state index < -0.39 is 10.0 Å². The summed E-state index contributed by atoms with van der Waals surface area (Å²) < 4.78 is 25.6. The lowest BCUT2D eigenvalue weighted by atomic mass is 11.0. The maximum atomic E-state index is 10.7. The molecule has 1 rings (SSSR count). The van der Waals surface area contributed by atoms with E-state index in [1.165, 1.54) is 23.5 Å². The Bertz CT molecular complexity index is 243. The second-order valence-corrected chi connectivity index (χ2v) is 6.11. The van der Waals surface area contributed by atoms with Gasteiger partial charge in [-0.15, -0.1) is 4.40 Å². The molecule has 0 amide bonds. The smallest absolute Gasteiger partial charge is 0.204 e. The monoisotopic (exact) mass is 197 g/mol. The van der Waals surface area contributed by atoms with Crippen molar-refractivity contribution in [2.45, 2.75) is 6.92 Å². The fourth-order valence-electron chi connectivity index (χ4n) is 0.483. The number of thioether (sulfide) groups is 2. The highest BCUT2D eigenvalue weighted by molar-refractivity contribution is 8.43. The molecule has 0 bridgehead atoms.